The Morgan fingerprint density at radius 2 is 1.85 bits per heavy atom. The summed E-state index contributed by atoms with van der Waals surface area (Å²) in [5.41, 5.74) is 5.82. The predicted molar refractivity (Wildman–Crippen MR) is 80.0 cm³/mol. The fourth-order valence-corrected chi connectivity index (χ4v) is 2.61. The molecule has 4 atom stereocenters. The van der Waals surface area contributed by atoms with Crippen molar-refractivity contribution in [3.63, 3.8) is 0 Å². The molecule has 5 nitrogen and oxygen atoms in total. The molecule has 0 radical (unpaired) electrons. The van der Waals surface area contributed by atoms with E-state index in [-0.39, 0.29) is 29.3 Å². The molecule has 5 heteroatoms. The van der Waals surface area contributed by atoms with Gasteiger partial charge >= 0.3 is 0 Å². The Morgan fingerprint density at radius 1 is 1.25 bits per heavy atom. The van der Waals surface area contributed by atoms with Crippen LogP contribution in [-0.4, -0.2) is 29.4 Å². The molecule has 20 heavy (non-hydrogen) atoms. The molecule has 0 aromatic carbocycles. The maximum absolute atomic E-state index is 12.3. The Morgan fingerprint density at radius 3 is 2.40 bits per heavy atom. The smallest absolute Gasteiger partial charge is 0.242 e. The van der Waals surface area contributed by atoms with Gasteiger partial charge in [-0.15, -0.1) is 0 Å². The van der Waals surface area contributed by atoms with Crippen molar-refractivity contribution in [1.29, 1.82) is 0 Å². The molecule has 116 valence electrons. The zero-order valence-electron chi connectivity index (χ0n) is 13.3. The van der Waals surface area contributed by atoms with Gasteiger partial charge in [-0.25, -0.2) is 0 Å². The van der Waals surface area contributed by atoms with Gasteiger partial charge in [0, 0.05) is 11.6 Å². The van der Waals surface area contributed by atoms with Crippen LogP contribution in [0.15, 0.2) is 0 Å². The first-order valence-corrected chi connectivity index (χ1v) is 7.50. The molecular formula is C15H29N3O2. The number of amides is 2. The van der Waals surface area contributed by atoms with Gasteiger partial charge in [0.25, 0.3) is 0 Å². The maximum Gasteiger partial charge on any atom is 0.242 e. The first kappa shape index (κ1) is 17.0. The van der Waals surface area contributed by atoms with E-state index < -0.39 is 6.04 Å². The van der Waals surface area contributed by atoms with Crippen molar-refractivity contribution < 1.29 is 9.59 Å². The van der Waals surface area contributed by atoms with Crippen LogP contribution in [0.2, 0.25) is 0 Å². The lowest BCUT2D eigenvalue weighted by molar-refractivity contribution is -0.132. The minimum Gasteiger partial charge on any atom is -0.350 e. The molecule has 0 aromatic heterocycles. The topological polar surface area (TPSA) is 84.2 Å². The van der Waals surface area contributed by atoms with E-state index in [1.807, 2.05) is 20.8 Å². The van der Waals surface area contributed by atoms with Crippen molar-refractivity contribution in [1.82, 2.24) is 10.6 Å². The fourth-order valence-electron chi connectivity index (χ4n) is 2.61. The third-order valence-corrected chi connectivity index (χ3v) is 3.88. The van der Waals surface area contributed by atoms with Crippen LogP contribution in [0.25, 0.3) is 0 Å². The molecule has 4 N–H and O–H groups in total. The molecule has 1 saturated carbocycles. The number of nitrogens with two attached hydrogens (primary N) is 1. The summed E-state index contributed by atoms with van der Waals surface area (Å²) in [6, 6.07) is -0.646. The van der Waals surface area contributed by atoms with Gasteiger partial charge in [-0.05, 0) is 46.5 Å². The summed E-state index contributed by atoms with van der Waals surface area (Å²) < 4.78 is 0. The lowest BCUT2D eigenvalue weighted by atomic mass is 9.78. The molecule has 0 heterocycles. The SMILES string of the molecule is CC(NC(=O)C1CCCC(C)C1N)C(=O)NC(C)(C)C. The van der Waals surface area contributed by atoms with Crippen LogP contribution in [0.5, 0.6) is 0 Å². The molecule has 2 amide bonds. The van der Waals surface area contributed by atoms with Crippen LogP contribution in [0.3, 0.4) is 0 Å². The van der Waals surface area contributed by atoms with E-state index in [9.17, 15) is 9.59 Å². The van der Waals surface area contributed by atoms with E-state index in [1.54, 1.807) is 6.92 Å². The Hall–Kier alpha value is -1.10. The minimum absolute atomic E-state index is 0.0967. The highest BCUT2D eigenvalue weighted by atomic mass is 16.2. The van der Waals surface area contributed by atoms with Gasteiger partial charge in [0.1, 0.15) is 6.04 Å². The summed E-state index contributed by atoms with van der Waals surface area (Å²) in [7, 11) is 0. The second-order valence-corrected chi connectivity index (χ2v) is 7.06. The van der Waals surface area contributed by atoms with Gasteiger partial charge in [0.2, 0.25) is 11.8 Å². The number of nitrogens with one attached hydrogen (secondary N) is 2. The zero-order valence-corrected chi connectivity index (χ0v) is 13.3. The van der Waals surface area contributed by atoms with Gasteiger partial charge in [-0.2, -0.15) is 0 Å². The third kappa shape index (κ3) is 4.78. The monoisotopic (exact) mass is 283 g/mol. The molecule has 0 saturated heterocycles. The first-order valence-electron chi connectivity index (χ1n) is 7.50. The number of carbonyl (C=O) groups excluding carboxylic acids is 2. The molecule has 1 aliphatic rings. The van der Waals surface area contributed by atoms with E-state index in [0.717, 1.165) is 19.3 Å². The molecule has 0 aliphatic heterocycles. The van der Waals surface area contributed by atoms with Crippen LogP contribution in [0.1, 0.15) is 53.9 Å². The van der Waals surface area contributed by atoms with Crippen LogP contribution in [0.4, 0.5) is 0 Å². The van der Waals surface area contributed by atoms with Gasteiger partial charge < -0.3 is 16.4 Å². The second kappa shape index (κ2) is 6.57. The Bertz CT molecular complexity index is 363. The summed E-state index contributed by atoms with van der Waals surface area (Å²) in [4.78, 5) is 24.2. The van der Waals surface area contributed by atoms with Crippen molar-refractivity contribution in [2.24, 2.45) is 17.6 Å². The van der Waals surface area contributed by atoms with Crippen molar-refractivity contribution in [3.05, 3.63) is 0 Å². The van der Waals surface area contributed by atoms with Crippen LogP contribution >= 0.6 is 0 Å². The lowest BCUT2D eigenvalue weighted by Crippen LogP contribution is -2.54. The zero-order chi connectivity index (χ0) is 15.5. The van der Waals surface area contributed by atoms with Crippen molar-refractivity contribution in [3.8, 4) is 0 Å². The molecule has 0 aromatic rings. The Labute approximate surface area is 122 Å². The number of hydrogen-bond donors (Lipinski definition) is 3. The summed E-state index contributed by atoms with van der Waals surface area (Å²) in [6.07, 6.45) is 2.91. The first-order chi connectivity index (χ1) is 9.11. The fraction of sp³-hybridized carbons (Fsp3) is 0.867. The predicted octanol–water partition coefficient (Wildman–Crippen LogP) is 1.17. The lowest BCUT2D eigenvalue weighted by Gasteiger charge is -2.33. The summed E-state index contributed by atoms with van der Waals surface area (Å²) in [5, 5.41) is 5.65. The molecule has 0 spiro atoms. The number of rotatable bonds is 3. The summed E-state index contributed by atoms with van der Waals surface area (Å²) in [5.74, 6) is -0.0780. The highest BCUT2D eigenvalue weighted by molar-refractivity contribution is 5.88. The number of carbonyl (C=O) groups is 2. The molecule has 4 unspecified atom stereocenters. The van der Waals surface area contributed by atoms with Crippen molar-refractivity contribution >= 4 is 11.8 Å². The van der Waals surface area contributed by atoms with Gasteiger partial charge in [-0.3, -0.25) is 9.59 Å². The standard InChI is InChI=1S/C15H29N3O2/c1-9-7-6-8-11(12(9)16)14(20)17-10(2)13(19)18-15(3,4)5/h9-12H,6-8,16H2,1-5H3,(H,17,20)(H,18,19). The third-order valence-electron chi connectivity index (χ3n) is 3.88. The van der Waals surface area contributed by atoms with E-state index in [4.69, 9.17) is 5.73 Å². The Balaban J connectivity index is 2.55. The van der Waals surface area contributed by atoms with Crippen LogP contribution in [0, 0.1) is 11.8 Å². The summed E-state index contributed by atoms with van der Waals surface area (Å²) >= 11 is 0. The number of hydrogen-bond acceptors (Lipinski definition) is 3. The highest BCUT2D eigenvalue weighted by Gasteiger charge is 2.34. The Kier molecular flexibility index (Phi) is 5.57. The molecule has 1 fully saturated rings. The van der Waals surface area contributed by atoms with E-state index in [1.165, 1.54) is 0 Å². The van der Waals surface area contributed by atoms with Gasteiger partial charge in [-0.1, -0.05) is 13.3 Å². The minimum atomic E-state index is -0.536. The average Bonchev–Trinajstić information content (AvgIpc) is 2.30. The van der Waals surface area contributed by atoms with Crippen LogP contribution < -0.4 is 16.4 Å². The molecule has 0 bridgehead atoms. The second-order valence-electron chi connectivity index (χ2n) is 7.06. The van der Waals surface area contributed by atoms with Crippen molar-refractivity contribution in [2.45, 2.75) is 71.5 Å². The van der Waals surface area contributed by atoms with E-state index >= 15 is 0 Å². The maximum atomic E-state index is 12.3. The highest BCUT2D eigenvalue weighted by Crippen LogP contribution is 2.27. The quantitative estimate of drug-likeness (QED) is 0.727. The summed E-state index contributed by atoms with van der Waals surface area (Å²) in [6.45, 7) is 9.53. The average molecular weight is 283 g/mol. The molecule has 1 aliphatic carbocycles. The van der Waals surface area contributed by atoms with E-state index in [0.29, 0.717) is 5.92 Å². The van der Waals surface area contributed by atoms with Crippen molar-refractivity contribution in [2.75, 3.05) is 0 Å². The molecule has 1 rings (SSSR count). The molecular weight excluding hydrogens is 254 g/mol. The normalized spacial score (nSPS) is 28.6. The van der Waals surface area contributed by atoms with Gasteiger partial charge in [0.15, 0.2) is 0 Å². The van der Waals surface area contributed by atoms with Crippen LogP contribution in [-0.2, 0) is 9.59 Å². The van der Waals surface area contributed by atoms with Gasteiger partial charge in [0.05, 0.1) is 5.92 Å². The largest absolute Gasteiger partial charge is 0.350 e. The van der Waals surface area contributed by atoms with E-state index in [2.05, 4.69) is 17.6 Å².